The summed E-state index contributed by atoms with van der Waals surface area (Å²) in [6.07, 6.45) is 3.76. The van der Waals surface area contributed by atoms with E-state index in [1.807, 2.05) is 6.07 Å². The van der Waals surface area contributed by atoms with E-state index in [1.54, 1.807) is 0 Å². The van der Waals surface area contributed by atoms with Gasteiger partial charge in [-0.2, -0.15) is 0 Å². The van der Waals surface area contributed by atoms with Crippen LogP contribution in [0.2, 0.25) is 0 Å². The molecule has 1 radical (unpaired) electrons. The Labute approximate surface area is 69.3 Å². The molecular weight excluding hydrogens is 132 g/mol. The highest BCUT2D eigenvalue weighted by atomic mass is 14.0. The monoisotopic (exact) mass is 147 g/mol. The minimum Gasteiger partial charge on any atom is -0.0654 e. The van der Waals surface area contributed by atoms with Crippen LogP contribution >= 0.6 is 0 Å². The fourth-order valence-corrected chi connectivity index (χ4v) is 1.18. The van der Waals surface area contributed by atoms with Gasteiger partial charge in [-0.15, -0.1) is 0 Å². The number of unbranched alkanes of at least 4 members (excludes halogenated alkanes) is 1. The van der Waals surface area contributed by atoms with E-state index in [0.717, 1.165) is 0 Å². The second-order valence-electron chi connectivity index (χ2n) is 3.02. The molecule has 0 atom stereocenters. The average molecular weight is 147 g/mol. The van der Waals surface area contributed by atoms with E-state index in [1.165, 1.54) is 30.4 Å². The maximum Gasteiger partial charge on any atom is -0.0178 e. The van der Waals surface area contributed by atoms with Gasteiger partial charge in [0.25, 0.3) is 0 Å². The highest BCUT2D eigenvalue weighted by molar-refractivity contribution is 5.21. The number of hydrogen-bond donors (Lipinski definition) is 0. The molecule has 0 aliphatic heterocycles. The van der Waals surface area contributed by atoms with Gasteiger partial charge in [0.15, 0.2) is 0 Å². The SMILES string of the molecule is CCCCc1c[c]cc(C)c1. The summed E-state index contributed by atoms with van der Waals surface area (Å²) in [5.74, 6) is 0. The zero-order chi connectivity index (χ0) is 8.10. The molecule has 0 fully saturated rings. The molecule has 0 nitrogen and oxygen atoms in total. The molecule has 0 heterocycles. The molecule has 0 unspecified atom stereocenters. The first-order valence-electron chi connectivity index (χ1n) is 4.29. The Bertz CT molecular complexity index is 213. The van der Waals surface area contributed by atoms with E-state index in [2.05, 4.69) is 32.0 Å². The molecule has 0 bridgehead atoms. The molecule has 0 aliphatic rings. The molecule has 1 aromatic rings. The summed E-state index contributed by atoms with van der Waals surface area (Å²) >= 11 is 0. The van der Waals surface area contributed by atoms with Crippen LogP contribution in [0.25, 0.3) is 0 Å². The van der Waals surface area contributed by atoms with E-state index < -0.39 is 0 Å². The van der Waals surface area contributed by atoms with Gasteiger partial charge in [-0.3, -0.25) is 0 Å². The lowest BCUT2D eigenvalue weighted by Gasteiger charge is -1.99. The fraction of sp³-hybridized carbons (Fsp3) is 0.455. The van der Waals surface area contributed by atoms with Gasteiger partial charge in [0.2, 0.25) is 0 Å². The van der Waals surface area contributed by atoms with Gasteiger partial charge in [0.05, 0.1) is 0 Å². The van der Waals surface area contributed by atoms with E-state index in [0.29, 0.717) is 0 Å². The van der Waals surface area contributed by atoms with E-state index in [9.17, 15) is 0 Å². The third kappa shape index (κ3) is 2.75. The van der Waals surface area contributed by atoms with Crippen molar-refractivity contribution >= 4 is 0 Å². The molecule has 0 aromatic heterocycles. The second kappa shape index (κ2) is 4.17. The molecule has 0 spiro atoms. The quantitative estimate of drug-likeness (QED) is 0.616. The Kier molecular flexibility index (Phi) is 3.15. The number of hydrogen-bond acceptors (Lipinski definition) is 0. The van der Waals surface area contributed by atoms with Crippen LogP contribution in [0, 0.1) is 13.0 Å². The topological polar surface area (TPSA) is 0 Å². The summed E-state index contributed by atoms with van der Waals surface area (Å²) in [5, 5.41) is 0. The van der Waals surface area contributed by atoms with Crippen molar-refractivity contribution in [2.24, 2.45) is 0 Å². The molecule has 0 heteroatoms. The van der Waals surface area contributed by atoms with Crippen LogP contribution in [-0.2, 0) is 6.42 Å². The van der Waals surface area contributed by atoms with Gasteiger partial charge in [0, 0.05) is 0 Å². The average Bonchev–Trinajstić information content (AvgIpc) is 2.01. The van der Waals surface area contributed by atoms with Crippen LogP contribution in [-0.4, -0.2) is 0 Å². The third-order valence-electron chi connectivity index (χ3n) is 1.81. The van der Waals surface area contributed by atoms with Gasteiger partial charge in [-0.1, -0.05) is 37.1 Å². The number of aryl methyl sites for hydroxylation is 2. The predicted octanol–water partition coefficient (Wildman–Crippen LogP) is 3.14. The molecule has 0 aliphatic carbocycles. The van der Waals surface area contributed by atoms with E-state index in [4.69, 9.17) is 0 Å². The van der Waals surface area contributed by atoms with E-state index >= 15 is 0 Å². The second-order valence-corrected chi connectivity index (χ2v) is 3.02. The minimum atomic E-state index is 1.20. The van der Waals surface area contributed by atoms with Crippen molar-refractivity contribution in [1.29, 1.82) is 0 Å². The van der Waals surface area contributed by atoms with Crippen LogP contribution < -0.4 is 0 Å². The van der Waals surface area contributed by atoms with Gasteiger partial charge in [-0.05, 0) is 31.4 Å². The number of rotatable bonds is 3. The summed E-state index contributed by atoms with van der Waals surface area (Å²) in [5.41, 5.74) is 2.74. The molecular formula is C11H15. The van der Waals surface area contributed by atoms with Gasteiger partial charge < -0.3 is 0 Å². The highest BCUT2D eigenvalue weighted by Crippen LogP contribution is 2.06. The molecule has 0 N–H and O–H groups in total. The van der Waals surface area contributed by atoms with Crippen molar-refractivity contribution in [1.82, 2.24) is 0 Å². The molecule has 59 valence electrons. The summed E-state index contributed by atoms with van der Waals surface area (Å²) < 4.78 is 0. The van der Waals surface area contributed by atoms with Crippen molar-refractivity contribution in [3.63, 3.8) is 0 Å². The normalized spacial score (nSPS) is 10.0. The first kappa shape index (κ1) is 8.32. The Balaban J connectivity index is 2.56. The lowest BCUT2D eigenvalue weighted by atomic mass is 10.1. The van der Waals surface area contributed by atoms with Crippen molar-refractivity contribution in [3.05, 3.63) is 35.4 Å². The van der Waals surface area contributed by atoms with Crippen molar-refractivity contribution in [2.75, 3.05) is 0 Å². The van der Waals surface area contributed by atoms with Crippen LogP contribution in [0.15, 0.2) is 18.2 Å². The van der Waals surface area contributed by atoms with Crippen LogP contribution in [0.4, 0.5) is 0 Å². The zero-order valence-electron chi connectivity index (χ0n) is 7.35. The minimum absolute atomic E-state index is 1.20. The lowest BCUT2D eigenvalue weighted by Crippen LogP contribution is -1.84. The first-order chi connectivity index (χ1) is 5.33. The smallest absolute Gasteiger partial charge is 0.0178 e. The van der Waals surface area contributed by atoms with Crippen molar-refractivity contribution in [2.45, 2.75) is 33.1 Å². The lowest BCUT2D eigenvalue weighted by molar-refractivity contribution is 0.794. The fourth-order valence-electron chi connectivity index (χ4n) is 1.18. The predicted molar refractivity (Wildman–Crippen MR) is 48.6 cm³/mol. The Hall–Kier alpha value is -0.780. The molecule has 11 heavy (non-hydrogen) atoms. The van der Waals surface area contributed by atoms with Crippen LogP contribution in [0.3, 0.4) is 0 Å². The van der Waals surface area contributed by atoms with Crippen molar-refractivity contribution in [3.8, 4) is 0 Å². The summed E-state index contributed by atoms with van der Waals surface area (Å²) in [6, 6.07) is 9.49. The largest absolute Gasteiger partial charge is 0.0654 e. The standard InChI is InChI=1S/C11H15/c1-3-4-7-11-8-5-6-10(2)9-11/h6,8-9H,3-4,7H2,1-2H3. The molecule has 1 aromatic carbocycles. The van der Waals surface area contributed by atoms with Gasteiger partial charge in [-0.25, -0.2) is 0 Å². The summed E-state index contributed by atoms with van der Waals surface area (Å²) in [4.78, 5) is 0. The first-order valence-corrected chi connectivity index (χ1v) is 4.29. The highest BCUT2D eigenvalue weighted by Gasteiger charge is 1.91. The maximum absolute atomic E-state index is 3.14. The number of benzene rings is 1. The van der Waals surface area contributed by atoms with Crippen molar-refractivity contribution < 1.29 is 0 Å². The van der Waals surface area contributed by atoms with Crippen LogP contribution in [0.1, 0.15) is 30.9 Å². The third-order valence-corrected chi connectivity index (χ3v) is 1.81. The van der Waals surface area contributed by atoms with E-state index in [-0.39, 0.29) is 0 Å². The van der Waals surface area contributed by atoms with Crippen LogP contribution in [0.5, 0.6) is 0 Å². The van der Waals surface area contributed by atoms with Gasteiger partial charge in [0.1, 0.15) is 0 Å². The maximum atomic E-state index is 3.14. The molecule has 0 amide bonds. The Morgan fingerprint density at radius 1 is 1.36 bits per heavy atom. The Morgan fingerprint density at radius 3 is 2.82 bits per heavy atom. The zero-order valence-corrected chi connectivity index (χ0v) is 7.35. The molecule has 1 rings (SSSR count). The molecule has 0 saturated carbocycles. The Morgan fingerprint density at radius 2 is 2.18 bits per heavy atom. The summed E-state index contributed by atoms with van der Waals surface area (Å²) in [6.45, 7) is 4.34. The molecule has 0 saturated heterocycles. The van der Waals surface area contributed by atoms with Gasteiger partial charge >= 0.3 is 0 Å². The summed E-state index contributed by atoms with van der Waals surface area (Å²) in [7, 11) is 0.